The third-order valence-corrected chi connectivity index (χ3v) is 4.82. The number of aromatic nitrogens is 3. The third-order valence-electron chi connectivity index (χ3n) is 4.82. The Kier molecular flexibility index (Phi) is 4.91. The van der Waals surface area contributed by atoms with Crippen LogP contribution >= 0.6 is 0 Å². The first-order valence-electron chi connectivity index (χ1n) is 9.35. The van der Waals surface area contributed by atoms with Crippen LogP contribution in [0.1, 0.15) is 27.4 Å². The van der Waals surface area contributed by atoms with Crippen molar-refractivity contribution in [1.29, 1.82) is 0 Å². The van der Waals surface area contributed by atoms with Crippen molar-refractivity contribution in [2.75, 3.05) is 10.6 Å². The molecule has 4 aromatic rings. The van der Waals surface area contributed by atoms with Gasteiger partial charge in [-0.15, -0.1) is 0 Å². The number of fused-ring (bicyclic) bond motifs is 1. The molecule has 2 aromatic heterocycles. The smallest absolute Gasteiger partial charge is 0.274 e. The van der Waals surface area contributed by atoms with Gasteiger partial charge in [-0.1, -0.05) is 30.3 Å². The number of amides is 1. The van der Waals surface area contributed by atoms with Gasteiger partial charge in [0.2, 0.25) is 0 Å². The molecule has 6 heteroatoms. The van der Waals surface area contributed by atoms with Gasteiger partial charge in [0, 0.05) is 23.3 Å². The van der Waals surface area contributed by atoms with Crippen molar-refractivity contribution in [3.8, 4) is 0 Å². The zero-order valence-electron chi connectivity index (χ0n) is 16.5. The summed E-state index contributed by atoms with van der Waals surface area (Å²) in [6.07, 6.45) is 1.71. The summed E-state index contributed by atoms with van der Waals surface area (Å²) >= 11 is 0. The van der Waals surface area contributed by atoms with Crippen LogP contribution in [-0.4, -0.2) is 20.9 Å². The summed E-state index contributed by atoms with van der Waals surface area (Å²) in [5.74, 6) is 0.784. The second kappa shape index (κ2) is 7.67. The highest BCUT2D eigenvalue weighted by Gasteiger charge is 2.13. The van der Waals surface area contributed by atoms with E-state index in [-0.39, 0.29) is 5.91 Å². The third kappa shape index (κ3) is 3.91. The first kappa shape index (κ1) is 18.6. The minimum Gasteiger partial charge on any atom is -0.340 e. The normalized spacial score (nSPS) is 10.7. The molecule has 0 aliphatic carbocycles. The molecular formula is C23H21N5O. The highest BCUT2D eigenvalue weighted by molar-refractivity contribution is 6.07. The number of carbonyl (C=O) groups is 1. The van der Waals surface area contributed by atoms with Crippen LogP contribution in [0, 0.1) is 20.8 Å². The Morgan fingerprint density at radius 3 is 2.52 bits per heavy atom. The molecule has 4 rings (SSSR count). The number of aryl methyl sites for hydroxylation is 2. The fraction of sp³-hybridized carbons (Fsp3) is 0.130. The Hall–Kier alpha value is -3.80. The Bertz CT molecular complexity index is 1210. The molecule has 0 atom stereocenters. The van der Waals surface area contributed by atoms with Crippen LogP contribution in [0.5, 0.6) is 0 Å². The Balaban J connectivity index is 1.63. The molecule has 0 saturated heterocycles. The summed E-state index contributed by atoms with van der Waals surface area (Å²) in [4.78, 5) is 26.0. The summed E-state index contributed by atoms with van der Waals surface area (Å²) in [5.41, 5.74) is 4.95. The predicted octanol–water partition coefficient (Wildman–Crippen LogP) is 4.95. The van der Waals surface area contributed by atoms with Crippen LogP contribution in [0.2, 0.25) is 0 Å². The highest BCUT2D eigenvalue weighted by Crippen LogP contribution is 2.24. The SMILES string of the molecule is Cc1nc(Nc2cccc(C)c2C)cc(C(=O)Nc2cccc3cccnc23)n1. The molecule has 2 N–H and O–H groups in total. The molecular weight excluding hydrogens is 362 g/mol. The van der Waals surface area contributed by atoms with E-state index in [0.29, 0.717) is 23.0 Å². The molecule has 144 valence electrons. The van der Waals surface area contributed by atoms with Gasteiger partial charge < -0.3 is 10.6 Å². The maximum absolute atomic E-state index is 12.9. The molecule has 0 fully saturated rings. The number of anilines is 3. The van der Waals surface area contributed by atoms with Gasteiger partial charge in [0.05, 0.1) is 11.2 Å². The van der Waals surface area contributed by atoms with Gasteiger partial charge in [0.25, 0.3) is 5.91 Å². The first-order chi connectivity index (χ1) is 14.0. The number of nitrogens with zero attached hydrogens (tertiary/aromatic N) is 3. The van der Waals surface area contributed by atoms with Gasteiger partial charge in [0.1, 0.15) is 17.3 Å². The van der Waals surface area contributed by atoms with Crippen molar-refractivity contribution >= 4 is 34.0 Å². The fourth-order valence-electron chi connectivity index (χ4n) is 3.16. The average Bonchev–Trinajstić information content (AvgIpc) is 2.71. The molecule has 2 aromatic carbocycles. The lowest BCUT2D eigenvalue weighted by molar-refractivity contribution is 0.102. The van der Waals surface area contributed by atoms with Crippen molar-refractivity contribution in [2.45, 2.75) is 20.8 Å². The Morgan fingerprint density at radius 2 is 1.66 bits per heavy atom. The zero-order valence-corrected chi connectivity index (χ0v) is 16.5. The highest BCUT2D eigenvalue weighted by atomic mass is 16.1. The molecule has 0 unspecified atom stereocenters. The Morgan fingerprint density at radius 1 is 0.897 bits per heavy atom. The lowest BCUT2D eigenvalue weighted by Gasteiger charge is -2.12. The van der Waals surface area contributed by atoms with Gasteiger partial charge in [-0.2, -0.15) is 0 Å². The number of pyridine rings is 1. The van der Waals surface area contributed by atoms with E-state index in [1.807, 2.05) is 49.4 Å². The van der Waals surface area contributed by atoms with Gasteiger partial charge in [-0.05, 0) is 50.1 Å². The van der Waals surface area contributed by atoms with Gasteiger partial charge in [0.15, 0.2) is 0 Å². The van der Waals surface area contributed by atoms with E-state index < -0.39 is 0 Å². The van der Waals surface area contributed by atoms with E-state index in [9.17, 15) is 4.79 Å². The number of carbonyl (C=O) groups excluding carboxylic acids is 1. The quantitative estimate of drug-likeness (QED) is 0.521. The molecule has 29 heavy (non-hydrogen) atoms. The Labute approximate surface area is 169 Å². The van der Waals surface area contributed by atoms with Crippen LogP contribution in [-0.2, 0) is 0 Å². The van der Waals surface area contributed by atoms with Crippen molar-refractivity contribution in [2.24, 2.45) is 0 Å². The van der Waals surface area contributed by atoms with Crippen LogP contribution < -0.4 is 10.6 Å². The summed E-state index contributed by atoms with van der Waals surface area (Å²) in [6, 6.07) is 17.2. The van der Waals surface area contributed by atoms with Gasteiger partial charge in [-0.25, -0.2) is 9.97 Å². The van der Waals surface area contributed by atoms with Crippen LogP contribution in [0.15, 0.2) is 60.8 Å². The lowest BCUT2D eigenvalue weighted by atomic mass is 10.1. The van der Waals surface area contributed by atoms with Crippen LogP contribution in [0.25, 0.3) is 10.9 Å². The number of benzene rings is 2. The second-order valence-corrected chi connectivity index (χ2v) is 6.89. The van der Waals surface area contributed by atoms with Gasteiger partial charge in [-0.3, -0.25) is 9.78 Å². The van der Waals surface area contributed by atoms with E-state index >= 15 is 0 Å². The van der Waals surface area contributed by atoms with Crippen molar-refractivity contribution < 1.29 is 4.79 Å². The molecule has 0 saturated carbocycles. The summed E-state index contributed by atoms with van der Waals surface area (Å²) in [6.45, 7) is 5.88. The van der Waals surface area contributed by atoms with Crippen LogP contribution in [0.3, 0.4) is 0 Å². The summed E-state index contributed by atoms with van der Waals surface area (Å²) in [5, 5.41) is 7.18. The van der Waals surface area contributed by atoms with Crippen molar-refractivity contribution in [3.05, 3.63) is 83.4 Å². The lowest BCUT2D eigenvalue weighted by Crippen LogP contribution is -2.16. The van der Waals surface area contributed by atoms with Gasteiger partial charge >= 0.3 is 0 Å². The summed E-state index contributed by atoms with van der Waals surface area (Å²) < 4.78 is 0. The van der Waals surface area contributed by atoms with Crippen molar-refractivity contribution in [3.63, 3.8) is 0 Å². The first-order valence-corrected chi connectivity index (χ1v) is 9.35. The minimum absolute atomic E-state index is 0.290. The predicted molar refractivity (Wildman–Crippen MR) is 116 cm³/mol. The minimum atomic E-state index is -0.308. The molecule has 1 amide bonds. The zero-order chi connectivity index (χ0) is 20.4. The number of rotatable bonds is 4. The van der Waals surface area contributed by atoms with E-state index in [1.165, 1.54) is 5.56 Å². The molecule has 0 spiro atoms. The summed E-state index contributed by atoms with van der Waals surface area (Å²) in [7, 11) is 0. The number of hydrogen-bond acceptors (Lipinski definition) is 5. The fourth-order valence-corrected chi connectivity index (χ4v) is 3.16. The molecule has 0 radical (unpaired) electrons. The maximum Gasteiger partial charge on any atom is 0.274 e. The number of para-hydroxylation sites is 1. The van der Waals surface area contributed by atoms with E-state index in [1.54, 1.807) is 19.2 Å². The van der Waals surface area contributed by atoms with E-state index in [4.69, 9.17) is 0 Å². The number of nitrogens with one attached hydrogen (secondary N) is 2. The molecule has 0 bridgehead atoms. The second-order valence-electron chi connectivity index (χ2n) is 6.89. The number of hydrogen-bond donors (Lipinski definition) is 2. The molecule has 0 aliphatic rings. The van der Waals surface area contributed by atoms with E-state index in [2.05, 4.69) is 38.6 Å². The molecule has 0 aliphatic heterocycles. The van der Waals surface area contributed by atoms with Crippen LogP contribution in [0.4, 0.5) is 17.2 Å². The average molecular weight is 383 g/mol. The monoisotopic (exact) mass is 383 g/mol. The largest absolute Gasteiger partial charge is 0.340 e. The van der Waals surface area contributed by atoms with E-state index in [0.717, 1.165) is 22.2 Å². The maximum atomic E-state index is 12.9. The topological polar surface area (TPSA) is 79.8 Å². The standard InChI is InChI=1S/C23H21N5O/c1-14-7-4-10-18(15(14)2)27-21-13-20(25-16(3)26-21)23(29)28-19-11-5-8-17-9-6-12-24-22(17)19/h4-13H,1-3H3,(H,28,29)(H,25,26,27). The molecule has 2 heterocycles. The van der Waals surface area contributed by atoms with Crippen molar-refractivity contribution in [1.82, 2.24) is 15.0 Å². The molecule has 6 nitrogen and oxygen atoms in total.